The molecule has 0 spiro atoms. The highest BCUT2D eigenvalue weighted by Gasteiger charge is 2.17. The van der Waals surface area contributed by atoms with E-state index in [0.29, 0.717) is 0 Å². The Morgan fingerprint density at radius 2 is 0.704 bits per heavy atom. The molecule has 0 aliphatic rings. The molecule has 0 aliphatic carbocycles. The Bertz CT molecular complexity index is 2840. The van der Waals surface area contributed by atoms with E-state index in [-0.39, 0.29) is 0 Å². The average molecular weight is 691 g/mol. The van der Waals surface area contributed by atoms with Crippen LogP contribution in [0.15, 0.2) is 206 Å². The summed E-state index contributed by atoms with van der Waals surface area (Å²) >= 11 is 0. The normalized spacial score (nSPS) is 11.3. The van der Waals surface area contributed by atoms with E-state index in [1.807, 2.05) is 42.5 Å². The van der Waals surface area contributed by atoms with Crippen molar-refractivity contribution in [2.45, 2.75) is 0 Å². The maximum atomic E-state index is 5.12. The molecule has 10 aromatic rings. The zero-order valence-corrected chi connectivity index (χ0v) is 29.4. The number of hydrogen-bond acceptors (Lipinski definition) is 3. The van der Waals surface area contributed by atoms with Crippen molar-refractivity contribution in [1.29, 1.82) is 0 Å². The Labute approximate surface area is 313 Å². The van der Waals surface area contributed by atoms with Gasteiger partial charge in [-0.25, -0.2) is 9.97 Å². The smallest absolute Gasteiger partial charge is 0.0973 e. The van der Waals surface area contributed by atoms with Crippen LogP contribution < -0.4 is 4.90 Å². The topological polar surface area (TPSA) is 34.0 Å². The molecule has 0 aliphatic heterocycles. The van der Waals surface area contributed by atoms with Crippen LogP contribution in [0.5, 0.6) is 0 Å². The van der Waals surface area contributed by atoms with Gasteiger partial charge in [0.2, 0.25) is 0 Å². The quantitative estimate of drug-likeness (QED) is 0.167. The average Bonchev–Trinajstić information content (AvgIpc) is 3.59. The van der Waals surface area contributed by atoms with E-state index < -0.39 is 0 Å². The molecule has 4 nitrogen and oxygen atoms in total. The lowest BCUT2D eigenvalue weighted by molar-refractivity contribution is 1.18. The Morgan fingerprint density at radius 3 is 1.24 bits per heavy atom. The van der Waals surface area contributed by atoms with Crippen molar-refractivity contribution in [3.63, 3.8) is 0 Å². The first-order valence-corrected chi connectivity index (χ1v) is 18.3. The van der Waals surface area contributed by atoms with E-state index in [4.69, 9.17) is 9.97 Å². The Hall–Kier alpha value is -7.30. The minimum atomic E-state index is 0.867. The van der Waals surface area contributed by atoms with Gasteiger partial charge in [0.1, 0.15) is 0 Å². The molecule has 0 fully saturated rings. The number of benzene rings is 8. The van der Waals surface area contributed by atoms with Crippen LogP contribution in [0.2, 0.25) is 0 Å². The molecular formula is C50H34N4. The zero-order chi connectivity index (χ0) is 35.8. The fraction of sp³-hybridized carbons (Fsp3) is 0. The molecule has 0 N–H and O–H groups in total. The van der Waals surface area contributed by atoms with E-state index >= 15 is 0 Å². The highest BCUT2D eigenvalue weighted by molar-refractivity contribution is 6.09. The largest absolute Gasteiger partial charge is 0.311 e. The van der Waals surface area contributed by atoms with Gasteiger partial charge < -0.3 is 9.47 Å². The number of anilines is 3. The summed E-state index contributed by atoms with van der Waals surface area (Å²) in [6, 6.07) is 72.6. The fourth-order valence-electron chi connectivity index (χ4n) is 7.60. The van der Waals surface area contributed by atoms with Gasteiger partial charge in [0.15, 0.2) is 0 Å². The van der Waals surface area contributed by atoms with Crippen molar-refractivity contribution in [2.75, 3.05) is 4.90 Å². The molecule has 0 unspecified atom stereocenters. The van der Waals surface area contributed by atoms with Crippen molar-refractivity contribution in [1.82, 2.24) is 14.5 Å². The summed E-state index contributed by atoms with van der Waals surface area (Å²) in [7, 11) is 0. The second-order valence-electron chi connectivity index (χ2n) is 13.5. The van der Waals surface area contributed by atoms with Gasteiger partial charge in [-0.3, -0.25) is 0 Å². The van der Waals surface area contributed by atoms with Gasteiger partial charge >= 0.3 is 0 Å². The monoisotopic (exact) mass is 690 g/mol. The van der Waals surface area contributed by atoms with Gasteiger partial charge in [-0.15, -0.1) is 0 Å². The first kappa shape index (κ1) is 31.4. The standard InChI is InChI=1S/C50H34N4/c1-3-13-37(14-4-1)49-50(52-46-20-10-9-19-45(46)51-49)38-27-33-41(34-28-38)53(39-15-5-2-6-16-39)40-29-23-35(24-30-40)36-25-31-42(32-26-36)54-47-21-11-7-17-43(47)44-18-8-12-22-48(44)54/h1-34H. The molecule has 0 amide bonds. The molecule has 54 heavy (non-hydrogen) atoms. The molecule has 2 heterocycles. The SMILES string of the molecule is c1ccc(-c2nc3ccccc3nc2-c2ccc(N(c3ccccc3)c3ccc(-c4ccc(-n5c6ccccc6c6ccccc65)cc4)cc3)cc2)cc1. The third kappa shape index (κ3) is 5.58. The number of para-hydroxylation sites is 5. The Balaban J connectivity index is 0.986. The zero-order valence-electron chi connectivity index (χ0n) is 29.4. The van der Waals surface area contributed by atoms with Crippen LogP contribution in [-0.4, -0.2) is 14.5 Å². The third-order valence-electron chi connectivity index (χ3n) is 10.2. The van der Waals surface area contributed by atoms with Gasteiger partial charge in [-0.2, -0.15) is 0 Å². The summed E-state index contributed by atoms with van der Waals surface area (Å²) in [4.78, 5) is 12.5. The number of nitrogens with zero attached hydrogens (tertiary/aromatic N) is 4. The lowest BCUT2D eigenvalue weighted by Crippen LogP contribution is -2.09. The number of aromatic nitrogens is 3. The molecule has 254 valence electrons. The van der Waals surface area contributed by atoms with E-state index in [9.17, 15) is 0 Å². The van der Waals surface area contributed by atoms with Crippen LogP contribution >= 0.6 is 0 Å². The molecule has 8 aromatic carbocycles. The number of rotatable bonds is 7. The van der Waals surface area contributed by atoms with Crippen LogP contribution in [0.25, 0.3) is 72.2 Å². The van der Waals surface area contributed by atoms with Crippen molar-refractivity contribution in [2.24, 2.45) is 0 Å². The van der Waals surface area contributed by atoms with Crippen LogP contribution in [0.1, 0.15) is 0 Å². The van der Waals surface area contributed by atoms with Crippen molar-refractivity contribution < 1.29 is 0 Å². The third-order valence-corrected chi connectivity index (χ3v) is 10.2. The van der Waals surface area contributed by atoms with Gasteiger partial charge in [0.05, 0.1) is 33.5 Å². The van der Waals surface area contributed by atoms with E-state index in [0.717, 1.165) is 56.3 Å². The summed E-state index contributed by atoms with van der Waals surface area (Å²) in [5.41, 5.74) is 14.7. The predicted molar refractivity (Wildman–Crippen MR) is 225 cm³/mol. The van der Waals surface area contributed by atoms with Gasteiger partial charge in [0, 0.05) is 44.6 Å². The maximum Gasteiger partial charge on any atom is 0.0973 e. The highest BCUT2D eigenvalue weighted by atomic mass is 15.1. The Kier molecular flexibility index (Phi) is 7.77. The number of hydrogen-bond donors (Lipinski definition) is 0. The molecule has 0 saturated heterocycles. The van der Waals surface area contributed by atoms with E-state index in [1.165, 1.54) is 32.9 Å². The van der Waals surface area contributed by atoms with Crippen LogP contribution in [0.3, 0.4) is 0 Å². The number of fused-ring (bicyclic) bond motifs is 4. The fourth-order valence-corrected chi connectivity index (χ4v) is 7.60. The van der Waals surface area contributed by atoms with Gasteiger partial charge in [0.25, 0.3) is 0 Å². The van der Waals surface area contributed by atoms with E-state index in [1.54, 1.807) is 0 Å². The minimum absolute atomic E-state index is 0.867. The van der Waals surface area contributed by atoms with Crippen LogP contribution in [0, 0.1) is 0 Å². The van der Waals surface area contributed by atoms with Crippen molar-refractivity contribution >= 4 is 49.9 Å². The molecule has 0 bridgehead atoms. The Morgan fingerprint density at radius 1 is 0.315 bits per heavy atom. The van der Waals surface area contributed by atoms with Crippen molar-refractivity contribution in [3.05, 3.63) is 206 Å². The molecule has 4 heteroatoms. The van der Waals surface area contributed by atoms with Crippen LogP contribution in [0.4, 0.5) is 17.1 Å². The second-order valence-corrected chi connectivity index (χ2v) is 13.5. The van der Waals surface area contributed by atoms with Crippen LogP contribution in [-0.2, 0) is 0 Å². The van der Waals surface area contributed by atoms with Crippen molar-refractivity contribution in [3.8, 4) is 39.3 Å². The second kappa shape index (κ2) is 13.4. The first-order chi connectivity index (χ1) is 26.8. The maximum absolute atomic E-state index is 5.12. The summed E-state index contributed by atoms with van der Waals surface area (Å²) in [5.74, 6) is 0. The summed E-state index contributed by atoms with van der Waals surface area (Å²) in [5, 5.41) is 2.54. The minimum Gasteiger partial charge on any atom is -0.311 e. The lowest BCUT2D eigenvalue weighted by Gasteiger charge is -2.26. The highest BCUT2D eigenvalue weighted by Crippen LogP contribution is 2.38. The summed E-state index contributed by atoms with van der Waals surface area (Å²) < 4.78 is 2.36. The molecular weight excluding hydrogens is 657 g/mol. The molecule has 10 rings (SSSR count). The lowest BCUT2D eigenvalue weighted by atomic mass is 10.0. The first-order valence-electron chi connectivity index (χ1n) is 18.3. The summed E-state index contributed by atoms with van der Waals surface area (Å²) in [6.45, 7) is 0. The predicted octanol–water partition coefficient (Wildman–Crippen LogP) is 13.2. The van der Waals surface area contributed by atoms with Gasteiger partial charge in [-0.05, 0) is 83.9 Å². The van der Waals surface area contributed by atoms with Gasteiger partial charge in [-0.1, -0.05) is 133 Å². The molecule has 0 atom stereocenters. The van der Waals surface area contributed by atoms with E-state index in [2.05, 4.69) is 173 Å². The molecule has 2 aromatic heterocycles. The molecule has 0 saturated carbocycles. The summed E-state index contributed by atoms with van der Waals surface area (Å²) in [6.07, 6.45) is 0. The molecule has 0 radical (unpaired) electrons.